The smallest absolute Gasteiger partial charge is 0.134 e. The molecule has 0 amide bonds. The molecule has 2 rings (SSSR count). The first-order chi connectivity index (χ1) is 8.97. The van der Waals surface area contributed by atoms with Crippen molar-refractivity contribution >= 4 is 17.3 Å². The predicted octanol–water partition coefficient (Wildman–Crippen LogP) is 4.23. The Morgan fingerprint density at radius 1 is 1.05 bits per heavy atom. The Morgan fingerprint density at radius 2 is 1.79 bits per heavy atom. The fourth-order valence-corrected chi connectivity index (χ4v) is 2.12. The zero-order valence-corrected chi connectivity index (χ0v) is 11.6. The van der Waals surface area contributed by atoms with Crippen LogP contribution in [0.25, 0.3) is 0 Å². The highest BCUT2D eigenvalue weighted by Crippen LogP contribution is 2.31. The quantitative estimate of drug-likeness (QED) is 0.736. The highest BCUT2D eigenvalue weighted by Gasteiger charge is 2.11. The van der Waals surface area contributed by atoms with E-state index in [1.807, 2.05) is 26.0 Å². The second kappa shape index (κ2) is 5.41. The molecule has 0 spiro atoms. The fourth-order valence-electron chi connectivity index (χ4n) is 1.94. The van der Waals surface area contributed by atoms with Gasteiger partial charge in [-0.3, -0.25) is 0 Å². The second-order valence-corrected chi connectivity index (χ2v) is 5.00. The van der Waals surface area contributed by atoms with Gasteiger partial charge in [-0.25, -0.2) is 0 Å². The van der Waals surface area contributed by atoms with E-state index in [2.05, 4.69) is 5.32 Å². The maximum Gasteiger partial charge on any atom is 0.134 e. The van der Waals surface area contributed by atoms with Crippen LogP contribution in [0.5, 0.6) is 11.5 Å². The van der Waals surface area contributed by atoms with Crippen LogP contribution in [0.3, 0.4) is 0 Å². The van der Waals surface area contributed by atoms with Gasteiger partial charge in [0.25, 0.3) is 0 Å². The van der Waals surface area contributed by atoms with E-state index in [1.165, 1.54) is 6.07 Å². The van der Waals surface area contributed by atoms with Gasteiger partial charge in [-0.1, -0.05) is 23.7 Å². The molecule has 1 unspecified atom stereocenters. The minimum absolute atomic E-state index is 0.0538. The van der Waals surface area contributed by atoms with Gasteiger partial charge in [0.05, 0.1) is 11.1 Å². The molecule has 0 saturated carbocycles. The molecular formula is C15H16ClNO2. The largest absolute Gasteiger partial charge is 0.508 e. The summed E-state index contributed by atoms with van der Waals surface area (Å²) in [5.74, 6) is 0.322. The summed E-state index contributed by atoms with van der Waals surface area (Å²) in [6, 6.07) is 10.4. The van der Waals surface area contributed by atoms with E-state index in [0.29, 0.717) is 5.02 Å². The molecule has 0 heterocycles. The molecule has 0 bridgehead atoms. The van der Waals surface area contributed by atoms with Crippen LogP contribution in [0.1, 0.15) is 24.1 Å². The monoisotopic (exact) mass is 277 g/mol. The van der Waals surface area contributed by atoms with Crippen molar-refractivity contribution in [1.29, 1.82) is 0 Å². The van der Waals surface area contributed by atoms with Crippen molar-refractivity contribution in [2.45, 2.75) is 19.9 Å². The number of phenolic OH excluding ortho intramolecular Hbond substituents is 2. The van der Waals surface area contributed by atoms with Gasteiger partial charge in [-0.05, 0) is 43.7 Å². The Morgan fingerprint density at radius 3 is 2.42 bits per heavy atom. The molecule has 0 aromatic heterocycles. The molecule has 0 aliphatic heterocycles. The minimum atomic E-state index is -0.0683. The number of hydrogen-bond acceptors (Lipinski definition) is 3. The number of phenols is 2. The van der Waals surface area contributed by atoms with Crippen LogP contribution < -0.4 is 5.32 Å². The van der Waals surface area contributed by atoms with Crippen LogP contribution in [0.15, 0.2) is 36.4 Å². The lowest BCUT2D eigenvalue weighted by molar-refractivity contribution is 0.465. The Kier molecular flexibility index (Phi) is 3.86. The molecule has 100 valence electrons. The molecule has 2 aromatic rings. The van der Waals surface area contributed by atoms with Crippen molar-refractivity contribution in [2.75, 3.05) is 5.32 Å². The molecule has 0 fully saturated rings. The number of aromatic hydroxyl groups is 2. The summed E-state index contributed by atoms with van der Waals surface area (Å²) in [5.41, 5.74) is 2.62. The third-order valence-electron chi connectivity index (χ3n) is 2.98. The maximum atomic E-state index is 9.93. The van der Waals surface area contributed by atoms with Gasteiger partial charge in [0.2, 0.25) is 0 Å². The summed E-state index contributed by atoms with van der Waals surface area (Å²) < 4.78 is 0. The standard InChI is InChI=1S/C15H16ClNO2/c1-9-3-5-12(15(19)7-9)10(2)17-11-4-6-14(18)13(16)8-11/h3-8,10,17-19H,1-2H3. The molecule has 3 nitrogen and oxygen atoms in total. The van der Waals surface area contributed by atoms with Crippen molar-refractivity contribution in [3.63, 3.8) is 0 Å². The first kappa shape index (κ1) is 13.6. The number of nitrogens with one attached hydrogen (secondary N) is 1. The lowest BCUT2D eigenvalue weighted by Gasteiger charge is -2.17. The molecule has 19 heavy (non-hydrogen) atoms. The van der Waals surface area contributed by atoms with Crippen molar-refractivity contribution < 1.29 is 10.2 Å². The Labute approximate surface area is 117 Å². The van der Waals surface area contributed by atoms with E-state index in [0.717, 1.165) is 16.8 Å². The fraction of sp³-hybridized carbons (Fsp3) is 0.200. The molecule has 3 N–H and O–H groups in total. The Hall–Kier alpha value is -1.87. The van der Waals surface area contributed by atoms with Crippen molar-refractivity contribution in [3.8, 4) is 11.5 Å². The van der Waals surface area contributed by atoms with Crippen LogP contribution >= 0.6 is 11.6 Å². The number of benzene rings is 2. The van der Waals surface area contributed by atoms with Gasteiger partial charge in [0, 0.05) is 11.3 Å². The first-order valence-electron chi connectivity index (χ1n) is 6.02. The highest BCUT2D eigenvalue weighted by molar-refractivity contribution is 6.32. The number of anilines is 1. The first-order valence-corrected chi connectivity index (χ1v) is 6.39. The average molecular weight is 278 g/mol. The molecular weight excluding hydrogens is 262 g/mol. The summed E-state index contributed by atoms with van der Waals surface area (Å²) in [4.78, 5) is 0. The van der Waals surface area contributed by atoms with E-state index in [-0.39, 0.29) is 17.5 Å². The third kappa shape index (κ3) is 3.12. The van der Waals surface area contributed by atoms with E-state index in [9.17, 15) is 10.2 Å². The number of aryl methyl sites for hydroxylation is 1. The van der Waals surface area contributed by atoms with Crippen molar-refractivity contribution in [1.82, 2.24) is 0 Å². The summed E-state index contributed by atoms with van der Waals surface area (Å²) in [6.45, 7) is 3.88. The third-order valence-corrected chi connectivity index (χ3v) is 3.29. The zero-order chi connectivity index (χ0) is 14.0. The van der Waals surface area contributed by atoms with E-state index < -0.39 is 0 Å². The SMILES string of the molecule is Cc1ccc(C(C)Nc2ccc(O)c(Cl)c2)c(O)c1. The topological polar surface area (TPSA) is 52.5 Å². The van der Waals surface area contributed by atoms with Crippen molar-refractivity contribution in [2.24, 2.45) is 0 Å². The highest BCUT2D eigenvalue weighted by atomic mass is 35.5. The average Bonchev–Trinajstić information content (AvgIpc) is 2.33. The van der Waals surface area contributed by atoms with Gasteiger partial charge >= 0.3 is 0 Å². The number of hydrogen-bond donors (Lipinski definition) is 3. The van der Waals surface area contributed by atoms with Crippen LogP contribution in [0.2, 0.25) is 5.02 Å². The molecule has 0 radical (unpaired) electrons. The molecule has 4 heteroatoms. The van der Waals surface area contributed by atoms with Crippen LogP contribution in [-0.4, -0.2) is 10.2 Å². The molecule has 0 aliphatic carbocycles. The van der Waals surface area contributed by atoms with Gasteiger partial charge in [-0.2, -0.15) is 0 Å². The van der Waals surface area contributed by atoms with Gasteiger partial charge in [-0.15, -0.1) is 0 Å². The molecule has 0 aliphatic rings. The minimum Gasteiger partial charge on any atom is -0.508 e. The van der Waals surface area contributed by atoms with Crippen LogP contribution in [0.4, 0.5) is 5.69 Å². The van der Waals surface area contributed by atoms with Gasteiger partial charge < -0.3 is 15.5 Å². The molecule has 1 atom stereocenters. The zero-order valence-electron chi connectivity index (χ0n) is 10.8. The number of halogens is 1. The molecule has 2 aromatic carbocycles. The van der Waals surface area contributed by atoms with Crippen molar-refractivity contribution in [3.05, 3.63) is 52.5 Å². The lowest BCUT2D eigenvalue weighted by Crippen LogP contribution is -2.06. The summed E-state index contributed by atoms with van der Waals surface area (Å²) in [5, 5.41) is 22.8. The summed E-state index contributed by atoms with van der Waals surface area (Å²) >= 11 is 5.86. The van der Waals surface area contributed by atoms with Crippen LogP contribution in [-0.2, 0) is 0 Å². The second-order valence-electron chi connectivity index (χ2n) is 4.59. The normalized spacial score (nSPS) is 12.2. The molecule has 0 saturated heterocycles. The van der Waals surface area contributed by atoms with Crippen LogP contribution in [0, 0.1) is 6.92 Å². The van der Waals surface area contributed by atoms with E-state index >= 15 is 0 Å². The van der Waals surface area contributed by atoms with Gasteiger partial charge in [0.15, 0.2) is 0 Å². The summed E-state index contributed by atoms with van der Waals surface area (Å²) in [7, 11) is 0. The predicted molar refractivity (Wildman–Crippen MR) is 78.0 cm³/mol. The summed E-state index contributed by atoms with van der Waals surface area (Å²) in [6.07, 6.45) is 0. The van der Waals surface area contributed by atoms with Gasteiger partial charge in [0.1, 0.15) is 11.5 Å². The maximum absolute atomic E-state index is 9.93. The Bertz CT molecular complexity index is 599. The van der Waals surface area contributed by atoms with E-state index in [1.54, 1.807) is 18.2 Å². The number of rotatable bonds is 3. The Balaban J connectivity index is 2.20. The lowest BCUT2D eigenvalue weighted by atomic mass is 10.0. The van der Waals surface area contributed by atoms with E-state index in [4.69, 9.17) is 11.6 Å².